The molecule has 0 spiro atoms. The number of rotatable bonds is 8. The molecule has 0 amide bonds. The number of nitrogens with zero attached hydrogens (tertiary/aromatic N) is 2. The molecule has 0 N–H and O–H groups in total. The van der Waals surface area contributed by atoms with E-state index in [9.17, 15) is 0 Å². The zero-order valence-electron chi connectivity index (χ0n) is 27.2. The minimum Gasteiger partial charge on any atom is -0.311 e. The summed E-state index contributed by atoms with van der Waals surface area (Å²) < 4.78 is 2.63. The molecule has 0 aliphatic carbocycles. The topological polar surface area (TPSA) is 6.48 Å². The second-order valence-electron chi connectivity index (χ2n) is 12.2. The van der Waals surface area contributed by atoms with Crippen LogP contribution in [0.4, 0.5) is 34.1 Å². The Kier molecular flexibility index (Phi) is 7.94. The summed E-state index contributed by atoms with van der Waals surface area (Å²) in [6, 6.07) is 69.8. The average molecular weight is 677 g/mol. The standard InChI is InChI=1S/C46H32N2S2/c1-3-13-37(14-4-1)47(39-23-19-33(20-24-39)45-31-35-11-7-9-17-43(35)49-45)41-27-29-42(30-28-41)48(38-15-5-2-6-16-38)40-25-21-34(22-26-40)46-32-36-12-8-10-18-44(36)50-46/h1-32H. The molecule has 2 nitrogen and oxygen atoms in total. The zero-order valence-corrected chi connectivity index (χ0v) is 28.8. The Bertz CT molecular complexity index is 2270. The van der Waals surface area contributed by atoms with Crippen molar-refractivity contribution >= 4 is 77.0 Å². The summed E-state index contributed by atoms with van der Waals surface area (Å²) in [5.74, 6) is 0. The van der Waals surface area contributed by atoms with Crippen LogP contribution in [0.2, 0.25) is 0 Å². The third-order valence-corrected chi connectivity index (χ3v) is 11.4. The van der Waals surface area contributed by atoms with Gasteiger partial charge in [0.05, 0.1) is 0 Å². The van der Waals surface area contributed by atoms with Crippen LogP contribution in [-0.2, 0) is 0 Å². The van der Waals surface area contributed by atoms with E-state index < -0.39 is 0 Å². The van der Waals surface area contributed by atoms with Gasteiger partial charge in [0.2, 0.25) is 0 Å². The lowest BCUT2D eigenvalue weighted by atomic mass is 10.1. The number of hydrogen-bond acceptors (Lipinski definition) is 4. The SMILES string of the molecule is c1ccc(N(c2ccc(-c3cc4ccccc4s3)cc2)c2ccc(N(c3ccccc3)c3ccc(-c4cc5ccccc5s4)cc3)cc2)cc1. The molecular formula is C46H32N2S2. The summed E-state index contributed by atoms with van der Waals surface area (Å²) >= 11 is 3.68. The van der Waals surface area contributed by atoms with E-state index >= 15 is 0 Å². The zero-order chi connectivity index (χ0) is 33.3. The molecule has 4 heteroatoms. The van der Waals surface area contributed by atoms with Gasteiger partial charge in [0, 0.05) is 53.3 Å². The van der Waals surface area contributed by atoms with Gasteiger partial charge in [0.15, 0.2) is 0 Å². The van der Waals surface area contributed by atoms with Gasteiger partial charge in [-0.2, -0.15) is 0 Å². The molecule has 0 aliphatic heterocycles. The number of benzene rings is 7. The number of anilines is 6. The van der Waals surface area contributed by atoms with Gasteiger partial charge in [-0.15, -0.1) is 22.7 Å². The number of para-hydroxylation sites is 2. The minimum absolute atomic E-state index is 1.10. The summed E-state index contributed by atoms with van der Waals surface area (Å²) in [4.78, 5) is 7.22. The molecule has 2 aromatic heterocycles. The van der Waals surface area contributed by atoms with Crippen LogP contribution in [0.1, 0.15) is 0 Å². The first kappa shape index (κ1) is 30.1. The van der Waals surface area contributed by atoms with Crippen molar-refractivity contribution < 1.29 is 0 Å². The first-order valence-electron chi connectivity index (χ1n) is 16.8. The molecular weight excluding hydrogens is 645 g/mol. The average Bonchev–Trinajstić information content (AvgIpc) is 3.82. The van der Waals surface area contributed by atoms with Crippen LogP contribution in [0, 0.1) is 0 Å². The summed E-state index contributed by atoms with van der Waals surface area (Å²) in [5, 5.41) is 2.58. The van der Waals surface area contributed by atoms with Gasteiger partial charge in [-0.1, -0.05) is 97.1 Å². The smallest absolute Gasteiger partial charge is 0.0463 e. The normalized spacial score (nSPS) is 11.2. The molecule has 238 valence electrons. The van der Waals surface area contributed by atoms with Crippen molar-refractivity contribution in [3.8, 4) is 20.9 Å². The fraction of sp³-hybridized carbons (Fsp3) is 0. The van der Waals surface area contributed by atoms with Crippen molar-refractivity contribution in [3.63, 3.8) is 0 Å². The summed E-state index contributed by atoms with van der Waals surface area (Å²) in [5.41, 5.74) is 9.13. The van der Waals surface area contributed by atoms with Crippen molar-refractivity contribution in [2.24, 2.45) is 0 Å². The highest BCUT2D eigenvalue weighted by Crippen LogP contribution is 2.41. The maximum atomic E-state index is 2.32. The molecule has 0 atom stereocenters. The van der Waals surface area contributed by atoms with Crippen LogP contribution >= 0.6 is 22.7 Å². The Morgan fingerprint density at radius 3 is 0.940 bits per heavy atom. The number of hydrogen-bond donors (Lipinski definition) is 0. The molecule has 0 unspecified atom stereocenters. The fourth-order valence-corrected chi connectivity index (χ4v) is 8.73. The second kappa shape index (κ2) is 13.2. The lowest BCUT2D eigenvalue weighted by Crippen LogP contribution is -2.12. The number of fused-ring (bicyclic) bond motifs is 2. The van der Waals surface area contributed by atoms with E-state index in [1.54, 1.807) is 0 Å². The summed E-state index contributed by atoms with van der Waals surface area (Å²) in [7, 11) is 0. The van der Waals surface area contributed by atoms with E-state index in [-0.39, 0.29) is 0 Å². The quantitative estimate of drug-likeness (QED) is 0.158. The monoisotopic (exact) mass is 676 g/mol. The molecule has 9 aromatic rings. The maximum Gasteiger partial charge on any atom is 0.0463 e. The van der Waals surface area contributed by atoms with Crippen molar-refractivity contribution in [2.75, 3.05) is 9.80 Å². The Morgan fingerprint density at radius 1 is 0.280 bits per heavy atom. The van der Waals surface area contributed by atoms with Crippen LogP contribution < -0.4 is 9.80 Å². The van der Waals surface area contributed by atoms with Gasteiger partial charge >= 0.3 is 0 Å². The maximum absolute atomic E-state index is 2.32. The van der Waals surface area contributed by atoms with Crippen LogP contribution in [0.25, 0.3) is 41.1 Å². The van der Waals surface area contributed by atoms with Crippen LogP contribution in [0.15, 0.2) is 194 Å². The Hall–Kier alpha value is -5.94. The highest BCUT2D eigenvalue weighted by Gasteiger charge is 2.17. The van der Waals surface area contributed by atoms with Crippen molar-refractivity contribution in [3.05, 3.63) is 194 Å². The predicted octanol–water partition coefficient (Wildman–Crippen LogP) is 14.4. The third-order valence-electron chi connectivity index (χ3n) is 9.07. The Labute approximate surface area is 300 Å². The van der Waals surface area contributed by atoms with Crippen molar-refractivity contribution in [1.29, 1.82) is 0 Å². The second-order valence-corrected chi connectivity index (χ2v) is 14.4. The van der Waals surface area contributed by atoms with Crippen molar-refractivity contribution in [2.45, 2.75) is 0 Å². The van der Waals surface area contributed by atoms with E-state index in [0.29, 0.717) is 0 Å². The van der Waals surface area contributed by atoms with Gasteiger partial charge in [-0.25, -0.2) is 0 Å². The first-order valence-corrected chi connectivity index (χ1v) is 18.4. The lowest BCUT2D eigenvalue weighted by molar-refractivity contribution is 1.26. The van der Waals surface area contributed by atoms with Gasteiger partial charge in [-0.3, -0.25) is 0 Å². The molecule has 0 radical (unpaired) electrons. The molecule has 0 aliphatic rings. The summed E-state index contributed by atoms with van der Waals surface area (Å²) in [6.45, 7) is 0. The van der Waals surface area contributed by atoms with Gasteiger partial charge in [0.25, 0.3) is 0 Å². The third kappa shape index (κ3) is 5.85. The van der Waals surface area contributed by atoms with Crippen LogP contribution in [0.5, 0.6) is 0 Å². The van der Waals surface area contributed by atoms with E-state index in [2.05, 4.69) is 204 Å². The lowest BCUT2D eigenvalue weighted by Gasteiger charge is -2.28. The van der Waals surface area contributed by atoms with Crippen LogP contribution in [-0.4, -0.2) is 0 Å². The first-order chi connectivity index (χ1) is 24.8. The van der Waals surface area contributed by atoms with E-state index in [0.717, 1.165) is 34.1 Å². The molecule has 50 heavy (non-hydrogen) atoms. The Morgan fingerprint density at radius 2 is 0.580 bits per heavy atom. The van der Waals surface area contributed by atoms with E-state index in [4.69, 9.17) is 0 Å². The molecule has 0 fully saturated rings. The highest BCUT2D eigenvalue weighted by atomic mass is 32.1. The largest absolute Gasteiger partial charge is 0.311 e. The molecule has 7 aromatic carbocycles. The fourth-order valence-electron chi connectivity index (χ4n) is 6.60. The van der Waals surface area contributed by atoms with Gasteiger partial charge < -0.3 is 9.80 Å². The minimum atomic E-state index is 1.10. The predicted molar refractivity (Wildman–Crippen MR) is 217 cm³/mol. The molecule has 2 heterocycles. The van der Waals surface area contributed by atoms with Crippen LogP contribution in [0.3, 0.4) is 0 Å². The molecule has 0 saturated carbocycles. The van der Waals surface area contributed by atoms with Gasteiger partial charge in [0.1, 0.15) is 0 Å². The molecule has 0 saturated heterocycles. The van der Waals surface area contributed by atoms with Crippen molar-refractivity contribution in [1.82, 2.24) is 0 Å². The van der Waals surface area contributed by atoms with E-state index in [1.807, 2.05) is 22.7 Å². The van der Waals surface area contributed by atoms with E-state index in [1.165, 1.54) is 41.1 Å². The summed E-state index contributed by atoms with van der Waals surface area (Å²) in [6.07, 6.45) is 0. The molecule has 0 bridgehead atoms. The Balaban J connectivity index is 1.05. The highest BCUT2D eigenvalue weighted by molar-refractivity contribution is 7.22. The van der Waals surface area contributed by atoms with Gasteiger partial charge in [-0.05, 0) is 119 Å². The molecule has 9 rings (SSSR count). The number of thiophene rings is 2.